The quantitative estimate of drug-likeness (QED) is 0.292. The zero-order valence-electron chi connectivity index (χ0n) is 11.3. The fourth-order valence-corrected chi connectivity index (χ4v) is 2.36. The predicted octanol–water partition coefficient (Wildman–Crippen LogP) is -2.30. The Labute approximate surface area is 143 Å². The van der Waals surface area contributed by atoms with E-state index in [1.54, 1.807) is 0 Å². The molecule has 1 aromatic heterocycles. The van der Waals surface area contributed by atoms with Crippen LogP contribution in [0.25, 0.3) is 0 Å². The molecule has 2 rings (SSSR count). The van der Waals surface area contributed by atoms with Gasteiger partial charge in [0, 0.05) is 5.38 Å². The summed E-state index contributed by atoms with van der Waals surface area (Å²) in [5.74, 6) is -1.43. The second-order valence-electron chi connectivity index (χ2n) is 4.35. The Morgan fingerprint density at radius 1 is 1.55 bits per heavy atom. The van der Waals surface area contributed by atoms with Crippen LogP contribution in [0.4, 0.5) is 5.13 Å². The van der Waals surface area contributed by atoms with Gasteiger partial charge < -0.3 is 20.5 Å². The summed E-state index contributed by atoms with van der Waals surface area (Å²) in [5.41, 5.74) is 6.50. The Balaban J connectivity index is 0.00000200. The second-order valence-corrected chi connectivity index (χ2v) is 5.24. The molecule has 1 aliphatic carbocycles. The molecule has 6 nitrogen and oxygen atoms in total. The third-order valence-corrected chi connectivity index (χ3v) is 3.56. The van der Waals surface area contributed by atoms with E-state index >= 15 is 0 Å². The van der Waals surface area contributed by atoms with Crippen LogP contribution < -0.4 is 40.4 Å². The van der Waals surface area contributed by atoms with Gasteiger partial charge in [0.1, 0.15) is 11.8 Å². The van der Waals surface area contributed by atoms with Crippen molar-refractivity contribution >= 4 is 28.1 Å². The Morgan fingerprint density at radius 3 is 2.70 bits per heavy atom. The summed E-state index contributed by atoms with van der Waals surface area (Å²) in [6, 6.07) is 0. The molecule has 0 aliphatic heterocycles. The number of allylic oxidation sites excluding steroid dienone is 1. The molecule has 1 aliphatic rings. The zero-order valence-corrected chi connectivity index (χ0v) is 14.1. The van der Waals surface area contributed by atoms with Gasteiger partial charge in [0.25, 0.3) is 0 Å². The number of carbonyl (C=O) groups excluding carboxylic acids is 1. The molecule has 0 aromatic carbocycles. The minimum absolute atomic E-state index is 0. The van der Waals surface area contributed by atoms with Gasteiger partial charge in [-0.1, -0.05) is 17.3 Å². The molecule has 2 N–H and O–H groups in total. The van der Waals surface area contributed by atoms with E-state index in [1.807, 2.05) is 0 Å². The van der Waals surface area contributed by atoms with Crippen molar-refractivity contribution in [2.45, 2.75) is 31.8 Å². The minimum Gasteiger partial charge on any atom is -0.543 e. The van der Waals surface area contributed by atoms with Crippen LogP contribution in [0.5, 0.6) is 0 Å². The number of nitrogen functional groups attached to an aromatic ring is 1. The van der Waals surface area contributed by atoms with Gasteiger partial charge in [0.05, 0.1) is 5.97 Å². The van der Waals surface area contributed by atoms with Crippen molar-refractivity contribution in [2.24, 2.45) is 5.16 Å². The Hall–Kier alpha value is -0.890. The van der Waals surface area contributed by atoms with Crippen LogP contribution in [-0.2, 0) is 9.63 Å². The average Bonchev–Trinajstić information content (AvgIpc) is 2.78. The zero-order chi connectivity index (χ0) is 13.8. The van der Waals surface area contributed by atoms with Crippen LogP contribution in [0.2, 0.25) is 0 Å². The first-order valence-electron chi connectivity index (χ1n) is 5.89. The van der Waals surface area contributed by atoms with Crippen molar-refractivity contribution < 1.29 is 44.3 Å². The van der Waals surface area contributed by atoms with E-state index in [9.17, 15) is 9.90 Å². The average molecular weight is 303 g/mol. The van der Waals surface area contributed by atoms with Crippen LogP contribution in [0.15, 0.2) is 22.7 Å². The van der Waals surface area contributed by atoms with Crippen molar-refractivity contribution in [1.82, 2.24) is 4.98 Å². The first-order chi connectivity index (χ1) is 9.06. The fourth-order valence-electron chi connectivity index (χ4n) is 1.82. The summed E-state index contributed by atoms with van der Waals surface area (Å²) in [5, 5.41) is 16.5. The van der Waals surface area contributed by atoms with Crippen LogP contribution in [-0.4, -0.2) is 22.8 Å². The van der Waals surface area contributed by atoms with Crippen molar-refractivity contribution in [1.29, 1.82) is 0 Å². The molecular formula is C12H14N3NaO3S. The molecule has 20 heavy (non-hydrogen) atoms. The summed E-state index contributed by atoms with van der Waals surface area (Å²) in [4.78, 5) is 20.1. The summed E-state index contributed by atoms with van der Waals surface area (Å²) >= 11 is 1.14. The second kappa shape index (κ2) is 7.78. The van der Waals surface area contributed by atoms with Crippen molar-refractivity contribution in [3.8, 4) is 0 Å². The number of carboxylic acid groups (broad SMARTS) is 1. The molecule has 0 radical (unpaired) electrons. The number of thiazole rings is 1. The van der Waals surface area contributed by atoms with Gasteiger partial charge in [-0.2, -0.15) is 0 Å². The first kappa shape index (κ1) is 17.2. The van der Waals surface area contributed by atoms with Gasteiger partial charge in [-0.05, 0) is 25.7 Å². The number of oxime groups is 1. The summed E-state index contributed by atoms with van der Waals surface area (Å²) in [6.45, 7) is 3.90. The molecule has 8 heteroatoms. The van der Waals surface area contributed by atoms with Gasteiger partial charge in [-0.3, -0.25) is 0 Å². The standard InChI is InChI=1S/C12H15N3O3S.Na/c1-7-2-4-8(5-3-7)18-15-10(11(16)17)9-6-19-12(13)14-9;/h6,8H,1-5H2,(H2,13,14)(H,16,17);/q;+1/p-1/b15-10-;. The van der Waals surface area contributed by atoms with Gasteiger partial charge in [0.2, 0.25) is 0 Å². The summed E-state index contributed by atoms with van der Waals surface area (Å²) in [6.07, 6.45) is 3.26. The largest absolute Gasteiger partial charge is 1.00 e. The van der Waals surface area contributed by atoms with E-state index in [4.69, 9.17) is 10.6 Å². The Morgan fingerprint density at radius 2 is 2.20 bits per heavy atom. The summed E-state index contributed by atoms with van der Waals surface area (Å²) < 4.78 is 0. The van der Waals surface area contributed by atoms with Crippen molar-refractivity contribution in [3.05, 3.63) is 23.2 Å². The number of hydrogen-bond acceptors (Lipinski definition) is 7. The normalized spacial score (nSPS) is 16.6. The molecule has 0 atom stereocenters. The number of rotatable bonds is 4. The topological polar surface area (TPSA) is 101 Å². The van der Waals surface area contributed by atoms with E-state index in [-0.39, 0.29) is 52.2 Å². The number of carboxylic acids is 1. The van der Waals surface area contributed by atoms with Gasteiger partial charge in [-0.15, -0.1) is 11.3 Å². The molecule has 0 bridgehead atoms. The first-order valence-corrected chi connectivity index (χ1v) is 6.77. The number of anilines is 1. The number of nitrogens with two attached hydrogens (primary N) is 1. The third kappa shape index (κ3) is 4.59. The maximum Gasteiger partial charge on any atom is 1.00 e. The smallest absolute Gasteiger partial charge is 0.543 e. The number of carbonyl (C=O) groups is 1. The van der Waals surface area contributed by atoms with Gasteiger partial charge in [-0.25, -0.2) is 4.98 Å². The summed E-state index contributed by atoms with van der Waals surface area (Å²) in [7, 11) is 0. The van der Waals surface area contributed by atoms with Crippen LogP contribution in [0.3, 0.4) is 0 Å². The van der Waals surface area contributed by atoms with Crippen LogP contribution >= 0.6 is 11.3 Å². The van der Waals surface area contributed by atoms with Gasteiger partial charge in [0.15, 0.2) is 10.8 Å². The molecule has 1 fully saturated rings. The third-order valence-electron chi connectivity index (χ3n) is 2.89. The van der Waals surface area contributed by atoms with Crippen LogP contribution in [0, 0.1) is 0 Å². The number of aliphatic carboxylic acids is 1. The molecule has 1 saturated carbocycles. The monoisotopic (exact) mass is 303 g/mol. The SMILES string of the molecule is C=C1CCC(O/N=C(\C(=O)[O-])c2csc(N)n2)CC1.[Na+]. The maximum atomic E-state index is 11.0. The molecule has 0 spiro atoms. The molecule has 1 heterocycles. The predicted molar refractivity (Wildman–Crippen MR) is 70.6 cm³/mol. The van der Waals surface area contributed by atoms with Crippen molar-refractivity contribution in [3.63, 3.8) is 0 Å². The molecule has 0 saturated heterocycles. The molecule has 0 amide bonds. The fraction of sp³-hybridized carbons (Fsp3) is 0.417. The van der Waals surface area contributed by atoms with Crippen molar-refractivity contribution in [2.75, 3.05) is 5.73 Å². The van der Waals surface area contributed by atoms with E-state index in [1.165, 1.54) is 11.0 Å². The Bertz CT molecular complexity index is 520. The van der Waals surface area contributed by atoms with E-state index in [0.717, 1.165) is 37.0 Å². The van der Waals surface area contributed by atoms with E-state index < -0.39 is 5.97 Å². The molecular weight excluding hydrogens is 289 g/mol. The number of nitrogens with zero attached hydrogens (tertiary/aromatic N) is 2. The van der Waals surface area contributed by atoms with E-state index in [2.05, 4.69) is 16.7 Å². The van der Waals surface area contributed by atoms with E-state index in [0.29, 0.717) is 0 Å². The Kier molecular flexibility index (Phi) is 6.67. The van der Waals surface area contributed by atoms with Gasteiger partial charge >= 0.3 is 29.6 Å². The maximum absolute atomic E-state index is 11.0. The number of hydrogen-bond donors (Lipinski definition) is 1. The van der Waals surface area contributed by atoms with Crippen LogP contribution in [0.1, 0.15) is 31.4 Å². The molecule has 102 valence electrons. The number of aromatic nitrogens is 1. The minimum atomic E-state index is -1.43. The molecule has 1 aromatic rings. The molecule has 0 unspecified atom stereocenters.